The molecule has 0 atom stereocenters. The Bertz CT molecular complexity index is 475. The molecule has 0 N–H and O–H groups in total. The normalized spacial score (nSPS) is 15.1. The van der Waals surface area contributed by atoms with Crippen molar-refractivity contribution in [3.8, 4) is 0 Å². The molecule has 0 bridgehead atoms. The molecule has 0 radical (unpaired) electrons. The van der Waals surface area contributed by atoms with E-state index >= 15 is 0 Å². The first-order valence-electron chi connectivity index (χ1n) is 7.06. The van der Waals surface area contributed by atoms with E-state index in [0.717, 1.165) is 31.2 Å². The summed E-state index contributed by atoms with van der Waals surface area (Å²) in [5.74, 6) is -0.445. The number of methoxy groups -OCH3 is 1. The molecule has 0 unspecified atom stereocenters. The molecular weight excluding hydrogens is 254 g/mol. The molecule has 1 saturated carbocycles. The molecule has 0 aliphatic heterocycles. The molecule has 1 aliphatic carbocycles. The third-order valence-corrected chi connectivity index (χ3v) is 3.85. The summed E-state index contributed by atoms with van der Waals surface area (Å²) in [6.45, 7) is 2.02. The summed E-state index contributed by atoms with van der Waals surface area (Å²) in [6, 6.07) is 7.62. The summed E-state index contributed by atoms with van der Waals surface area (Å²) in [7, 11) is 1.35. The van der Waals surface area contributed by atoms with Crippen molar-refractivity contribution in [2.75, 3.05) is 13.7 Å². The summed E-state index contributed by atoms with van der Waals surface area (Å²) in [6.07, 6.45) is 4.16. The van der Waals surface area contributed by atoms with E-state index in [1.54, 1.807) is 4.90 Å². The van der Waals surface area contributed by atoms with E-state index < -0.39 is 0 Å². The van der Waals surface area contributed by atoms with E-state index in [9.17, 15) is 9.59 Å². The Morgan fingerprint density at radius 1 is 1.20 bits per heavy atom. The van der Waals surface area contributed by atoms with E-state index in [1.807, 2.05) is 31.2 Å². The molecule has 1 aromatic rings. The van der Waals surface area contributed by atoms with Crippen LogP contribution in [0.15, 0.2) is 24.3 Å². The van der Waals surface area contributed by atoms with Crippen molar-refractivity contribution in [3.05, 3.63) is 35.4 Å². The maximum Gasteiger partial charge on any atom is 0.325 e. The second-order valence-electron chi connectivity index (χ2n) is 5.31. The van der Waals surface area contributed by atoms with Gasteiger partial charge in [-0.2, -0.15) is 0 Å². The largest absolute Gasteiger partial charge is 0.468 e. The van der Waals surface area contributed by atoms with Crippen LogP contribution in [-0.4, -0.2) is 36.5 Å². The van der Waals surface area contributed by atoms with Crippen LogP contribution in [0, 0.1) is 6.92 Å². The number of esters is 1. The monoisotopic (exact) mass is 275 g/mol. The van der Waals surface area contributed by atoms with Crippen LogP contribution in [0.2, 0.25) is 0 Å². The van der Waals surface area contributed by atoms with Crippen LogP contribution in [0.3, 0.4) is 0 Å². The van der Waals surface area contributed by atoms with E-state index in [4.69, 9.17) is 4.74 Å². The molecule has 0 saturated heterocycles. The fourth-order valence-corrected chi connectivity index (χ4v) is 2.65. The van der Waals surface area contributed by atoms with Gasteiger partial charge in [-0.1, -0.05) is 30.5 Å². The molecule has 4 nitrogen and oxygen atoms in total. The third-order valence-electron chi connectivity index (χ3n) is 3.85. The van der Waals surface area contributed by atoms with Gasteiger partial charge < -0.3 is 9.64 Å². The Labute approximate surface area is 119 Å². The fraction of sp³-hybridized carbons (Fsp3) is 0.500. The minimum Gasteiger partial charge on any atom is -0.468 e. The minimum absolute atomic E-state index is 0.0356. The van der Waals surface area contributed by atoms with Gasteiger partial charge in [-0.15, -0.1) is 0 Å². The van der Waals surface area contributed by atoms with E-state index in [0.29, 0.717) is 5.56 Å². The molecule has 1 amide bonds. The first kappa shape index (κ1) is 14.6. The van der Waals surface area contributed by atoms with Crippen LogP contribution in [-0.2, 0) is 9.53 Å². The third kappa shape index (κ3) is 3.38. The molecular formula is C16H21NO3. The van der Waals surface area contributed by atoms with Crippen molar-refractivity contribution >= 4 is 11.9 Å². The van der Waals surface area contributed by atoms with Gasteiger partial charge in [-0.05, 0) is 31.9 Å². The van der Waals surface area contributed by atoms with Crippen LogP contribution >= 0.6 is 0 Å². The maximum absolute atomic E-state index is 12.6. The van der Waals surface area contributed by atoms with Crippen LogP contribution in [0.4, 0.5) is 0 Å². The van der Waals surface area contributed by atoms with Crippen molar-refractivity contribution in [1.29, 1.82) is 0 Å². The number of amides is 1. The molecule has 0 aromatic heterocycles. The van der Waals surface area contributed by atoms with Crippen molar-refractivity contribution in [1.82, 2.24) is 4.90 Å². The second kappa shape index (κ2) is 6.55. The number of ether oxygens (including phenoxy) is 1. The number of carbonyl (C=O) groups is 2. The molecule has 0 spiro atoms. The lowest BCUT2D eigenvalue weighted by Gasteiger charge is -2.28. The first-order valence-corrected chi connectivity index (χ1v) is 7.06. The number of hydrogen-bond acceptors (Lipinski definition) is 3. The number of rotatable bonds is 4. The Morgan fingerprint density at radius 3 is 2.35 bits per heavy atom. The number of hydrogen-bond donors (Lipinski definition) is 0. The zero-order valence-corrected chi connectivity index (χ0v) is 12.1. The van der Waals surface area contributed by atoms with E-state index in [2.05, 4.69) is 0 Å². The highest BCUT2D eigenvalue weighted by Gasteiger charge is 2.29. The van der Waals surface area contributed by atoms with Gasteiger partial charge in [0, 0.05) is 11.6 Å². The molecule has 108 valence electrons. The average molecular weight is 275 g/mol. The molecule has 2 rings (SSSR count). The maximum atomic E-state index is 12.6. The standard InChI is InChI=1S/C16H21NO3/c1-12-7-9-13(10-8-12)16(19)17(11-15(18)20-2)14-5-3-4-6-14/h7-10,14H,3-6,11H2,1-2H3. The zero-order valence-electron chi connectivity index (χ0n) is 12.1. The lowest BCUT2D eigenvalue weighted by Crippen LogP contribution is -2.42. The number of aryl methyl sites for hydroxylation is 1. The lowest BCUT2D eigenvalue weighted by molar-refractivity contribution is -0.141. The highest BCUT2D eigenvalue weighted by atomic mass is 16.5. The Morgan fingerprint density at radius 2 is 1.80 bits per heavy atom. The van der Waals surface area contributed by atoms with Gasteiger partial charge in [0.15, 0.2) is 0 Å². The Hall–Kier alpha value is -1.84. The SMILES string of the molecule is COC(=O)CN(C(=O)c1ccc(C)cc1)C1CCCC1. The van der Waals surface area contributed by atoms with Gasteiger partial charge in [0.2, 0.25) is 0 Å². The van der Waals surface area contributed by atoms with Crippen molar-refractivity contribution in [3.63, 3.8) is 0 Å². The number of benzene rings is 1. The Kier molecular flexibility index (Phi) is 4.77. The van der Waals surface area contributed by atoms with Crippen LogP contribution in [0.5, 0.6) is 0 Å². The van der Waals surface area contributed by atoms with Gasteiger partial charge in [-0.25, -0.2) is 0 Å². The van der Waals surface area contributed by atoms with Gasteiger partial charge in [-0.3, -0.25) is 9.59 Å². The van der Waals surface area contributed by atoms with Crippen LogP contribution in [0.25, 0.3) is 0 Å². The van der Waals surface area contributed by atoms with E-state index in [-0.39, 0.29) is 24.5 Å². The lowest BCUT2D eigenvalue weighted by atomic mass is 10.1. The topological polar surface area (TPSA) is 46.6 Å². The summed E-state index contributed by atoms with van der Waals surface area (Å²) < 4.78 is 4.71. The molecule has 4 heteroatoms. The summed E-state index contributed by atoms with van der Waals surface area (Å²) >= 11 is 0. The predicted octanol–water partition coefficient (Wildman–Crippen LogP) is 2.55. The minimum atomic E-state index is -0.364. The van der Waals surface area contributed by atoms with Gasteiger partial charge in [0.05, 0.1) is 7.11 Å². The van der Waals surface area contributed by atoms with Gasteiger partial charge >= 0.3 is 5.97 Å². The van der Waals surface area contributed by atoms with Crippen molar-refractivity contribution in [2.24, 2.45) is 0 Å². The molecule has 1 fully saturated rings. The van der Waals surface area contributed by atoms with Gasteiger partial charge in [0.1, 0.15) is 6.54 Å². The zero-order chi connectivity index (χ0) is 14.5. The smallest absolute Gasteiger partial charge is 0.325 e. The quantitative estimate of drug-likeness (QED) is 0.793. The van der Waals surface area contributed by atoms with Crippen molar-refractivity contribution < 1.29 is 14.3 Å². The molecule has 1 aliphatic rings. The van der Waals surface area contributed by atoms with E-state index in [1.165, 1.54) is 7.11 Å². The summed E-state index contributed by atoms with van der Waals surface area (Å²) in [5.41, 5.74) is 1.74. The van der Waals surface area contributed by atoms with Crippen molar-refractivity contribution in [2.45, 2.75) is 38.6 Å². The molecule has 0 heterocycles. The number of nitrogens with zero attached hydrogens (tertiary/aromatic N) is 1. The Balaban J connectivity index is 2.18. The fourth-order valence-electron chi connectivity index (χ4n) is 2.65. The highest BCUT2D eigenvalue weighted by Crippen LogP contribution is 2.25. The average Bonchev–Trinajstić information content (AvgIpc) is 2.98. The first-order chi connectivity index (χ1) is 9.61. The second-order valence-corrected chi connectivity index (χ2v) is 5.31. The van der Waals surface area contributed by atoms with Gasteiger partial charge in [0.25, 0.3) is 5.91 Å². The highest BCUT2D eigenvalue weighted by molar-refractivity contribution is 5.96. The molecule has 1 aromatic carbocycles. The number of carbonyl (C=O) groups excluding carboxylic acids is 2. The molecule has 20 heavy (non-hydrogen) atoms. The predicted molar refractivity (Wildman–Crippen MR) is 76.5 cm³/mol. The summed E-state index contributed by atoms with van der Waals surface area (Å²) in [5, 5.41) is 0. The summed E-state index contributed by atoms with van der Waals surface area (Å²) in [4.78, 5) is 25.8. The van der Waals surface area contributed by atoms with Crippen LogP contribution in [0.1, 0.15) is 41.6 Å². The van der Waals surface area contributed by atoms with Crippen LogP contribution < -0.4 is 0 Å².